The molecule has 0 unspecified atom stereocenters. The first kappa shape index (κ1) is 21.3. The number of carbonyl (C=O) groups is 2. The Hall–Kier alpha value is -3.41. The third-order valence-corrected chi connectivity index (χ3v) is 4.69. The van der Waals surface area contributed by atoms with E-state index >= 15 is 0 Å². The molecule has 0 atom stereocenters. The molecule has 0 amide bonds. The van der Waals surface area contributed by atoms with Gasteiger partial charge in [-0.15, -0.1) is 0 Å². The maximum atomic E-state index is 12.5. The van der Waals surface area contributed by atoms with Gasteiger partial charge < -0.3 is 9.84 Å². The van der Waals surface area contributed by atoms with Gasteiger partial charge in [-0.1, -0.05) is 48.5 Å². The van der Waals surface area contributed by atoms with Crippen LogP contribution in [0.2, 0.25) is 0 Å². The lowest BCUT2D eigenvalue weighted by Gasteiger charge is -2.19. The van der Waals surface area contributed by atoms with E-state index in [0.717, 1.165) is 16.8 Å². The Morgan fingerprint density at radius 2 is 1.67 bits per heavy atom. The molecule has 0 aliphatic rings. The van der Waals surface area contributed by atoms with Crippen molar-refractivity contribution in [2.45, 2.75) is 46.3 Å². The quantitative estimate of drug-likeness (QED) is 0.610. The molecule has 6 heteroatoms. The molecule has 156 valence electrons. The first-order valence-corrected chi connectivity index (χ1v) is 9.80. The fraction of sp³-hybridized carbons (Fsp3) is 0.292. The molecule has 0 radical (unpaired) electrons. The van der Waals surface area contributed by atoms with Gasteiger partial charge in [0, 0.05) is 16.8 Å². The maximum Gasteiger partial charge on any atom is 0.336 e. The molecule has 1 heterocycles. The van der Waals surface area contributed by atoms with E-state index in [1.165, 1.54) is 0 Å². The minimum Gasteiger partial charge on any atom is -0.478 e. The van der Waals surface area contributed by atoms with Crippen LogP contribution in [0.15, 0.2) is 54.6 Å². The average Bonchev–Trinajstić information content (AvgIpc) is 2.97. The highest BCUT2D eigenvalue weighted by Gasteiger charge is 2.23. The van der Waals surface area contributed by atoms with Gasteiger partial charge in [-0.05, 0) is 39.3 Å². The molecule has 1 N–H and O–H groups in total. The van der Waals surface area contributed by atoms with Crippen LogP contribution in [0.4, 0.5) is 0 Å². The van der Waals surface area contributed by atoms with E-state index in [4.69, 9.17) is 9.84 Å². The van der Waals surface area contributed by atoms with E-state index in [1.807, 2.05) is 58.0 Å². The molecule has 2 aromatic carbocycles. The minimum absolute atomic E-state index is 0.0912. The van der Waals surface area contributed by atoms with Gasteiger partial charge in [0.2, 0.25) is 0 Å². The largest absolute Gasteiger partial charge is 0.478 e. The summed E-state index contributed by atoms with van der Waals surface area (Å²) in [5.74, 6) is -1.30. The van der Waals surface area contributed by atoms with Crippen LogP contribution in [-0.4, -0.2) is 32.4 Å². The maximum absolute atomic E-state index is 12.5. The summed E-state index contributed by atoms with van der Waals surface area (Å²) in [4.78, 5) is 24.1. The van der Waals surface area contributed by atoms with Crippen molar-refractivity contribution < 1.29 is 19.4 Å². The van der Waals surface area contributed by atoms with Gasteiger partial charge in [-0.25, -0.2) is 4.79 Å². The Morgan fingerprint density at radius 1 is 1.03 bits per heavy atom. The zero-order chi connectivity index (χ0) is 21.9. The number of hydrogen-bond donors (Lipinski definition) is 1. The molecule has 30 heavy (non-hydrogen) atoms. The standard InChI is InChI=1S/C24H26N2O4/c1-16-20(14-21(27)30-24(2,3)4)22(17-10-6-5-7-11-17)25-26(16)15-18-12-8-9-13-19(18)23(28)29/h5-13H,14-15H2,1-4H3,(H,28,29). The highest BCUT2D eigenvalue weighted by Crippen LogP contribution is 2.27. The van der Waals surface area contributed by atoms with Crippen molar-refractivity contribution in [2.75, 3.05) is 0 Å². The van der Waals surface area contributed by atoms with E-state index in [9.17, 15) is 14.7 Å². The molecule has 0 bridgehead atoms. The lowest BCUT2D eigenvalue weighted by atomic mass is 10.0. The average molecular weight is 406 g/mol. The Bertz CT molecular complexity index is 1060. The van der Waals surface area contributed by atoms with Crippen molar-refractivity contribution >= 4 is 11.9 Å². The molecule has 0 saturated carbocycles. The van der Waals surface area contributed by atoms with Crippen LogP contribution in [-0.2, 0) is 22.5 Å². The van der Waals surface area contributed by atoms with Gasteiger partial charge in [-0.3, -0.25) is 9.48 Å². The topological polar surface area (TPSA) is 81.4 Å². The second kappa shape index (κ2) is 8.53. The third kappa shape index (κ3) is 4.95. The van der Waals surface area contributed by atoms with Gasteiger partial charge in [0.25, 0.3) is 0 Å². The molecule has 6 nitrogen and oxygen atoms in total. The molecule has 0 fully saturated rings. The molecule has 3 aromatic rings. The number of benzene rings is 2. The summed E-state index contributed by atoms with van der Waals surface area (Å²) in [6.45, 7) is 7.69. The SMILES string of the molecule is Cc1c(CC(=O)OC(C)(C)C)c(-c2ccccc2)nn1Cc1ccccc1C(=O)O. The number of aromatic nitrogens is 2. The molecule has 0 saturated heterocycles. The summed E-state index contributed by atoms with van der Waals surface area (Å²) in [5, 5.41) is 14.2. The Balaban J connectivity index is 2.03. The zero-order valence-electron chi connectivity index (χ0n) is 17.7. The van der Waals surface area contributed by atoms with E-state index in [-0.39, 0.29) is 18.0 Å². The Labute approximate surface area is 176 Å². The smallest absolute Gasteiger partial charge is 0.336 e. The normalized spacial score (nSPS) is 11.3. The number of ether oxygens (including phenoxy) is 1. The molecular formula is C24H26N2O4. The first-order valence-electron chi connectivity index (χ1n) is 9.80. The van der Waals surface area contributed by atoms with Crippen LogP contribution < -0.4 is 0 Å². The number of hydrogen-bond acceptors (Lipinski definition) is 4. The Morgan fingerprint density at radius 3 is 2.30 bits per heavy atom. The monoisotopic (exact) mass is 406 g/mol. The fourth-order valence-electron chi connectivity index (χ4n) is 3.33. The van der Waals surface area contributed by atoms with E-state index in [2.05, 4.69) is 0 Å². The number of carbonyl (C=O) groups excluding carboxylic acids is 1. The zero-order valence-corrected chi connectivity index (χ0v) is 17.7. The minimum atomic E-state index is -0.979. The molecule has 0 spiro atoms. The van der Waals surface area contributed by atoms with Gasteiger partial charge >= 0.3 is 11.9 Å². The summed E-state index contributed by atoms with van der Waals surface area (Å²) in [7, 11) is 0. The van der Waals surface area contributed by atoms with Gasteiger partial charge in [0.15, 0.2) is 0 Å². The molecular weight excluding hydrogens is 380 g/mol. The number of carboxylic acids is 1. The van der Waals surface area contributed by atoms with Gasteiger partial charge in [0.1, 0.15) is 5.60 Å². The number of rotatable bonds is 6. The Kier molecular flexibility index (Phi) is 6.06. The summed E-state index contributed by atoms with van der Waals surface area (Å²) >= 11 is 0. The number of aromatic carboxylic acids is 1. The molecule has 3 rings (SSSR count). The second-order valence-electron chi connectivity index (χ2n) is 8.16. The number of esters is 1. The summed E-state index contributed by atoms with van der Waals surface area (Å²) in [6.07, 6.45) is 0.0912. The van der Waals surface area contributed by atoms with Crippen LogP contribution >= 0.6 is 0 Å². The number of nitrogens with zero attached hydrogens (tertiary/aromatic N) is 2. The van der Waals surface area contributed by atoms with E-state index in [1.54, 1.807) is 28.9 Å². The van der Waals surface area contributed by atoms with Crippen molar-refractivity contribution in [1.29, 1.82) is 0 Å². The van der Waals surface area contributed by atoms with Crippen LogP contribution in [0.25, 0.3) is 11.3 Å². The lowest BCUT2D eigenvalue weighted by molar-refractivity contribution is -0.153. The van der Waals surface area contributed by atoms with E-state index < -0.39 is 11.6 Å². The van der Waals surface area contributed by atoms with E-state index in [0.29, 0.717) is 17.8 Å². The lowest BCUT2D eigenvalue weighted by Crippen LogP contribution is -2.25. The predicted molar refractivity (Wildman–Crippen MR) is 114 cm³/mol. The molecule has 1 aromatic heterocycles. The van der Waals surface area contributed by atoms with Crippen molar-refractivity contribution in [1.82, 2.24) is 9.78 Å². The highest BCUT2D eigenvalue weighted by atomic mass is 16.6. The van der Waals surface area contributed by atoms with Crippen LogP contribution in [0.1, 0.15) is 48.0 Å². The van der Waals surface area contributed by atoms with Crippen molar-refractivity contribution in [2.24, 2.45) is 0 Å². The van der Waals surface area contributed by atoms with Crippen LogP contribution in [0.5, 0.6) is 0 Å². The van der Waals surface area contributed by atoms with Crippen molar-refractivity contribution in [3.05, 3.63) is 77.0 Å². The number of carboxylic acid groups (broad SMARTS) is 1. The second-order valence-corrected chi connectivity index (χ2v) is 8.16. The predicted octanol–water partition coefficient (Wildman–Crippen LogP) is 4.49. The summed E-state index contributed by atoms with van der Waals surface area (Å²) in [6, 6.07) is 16.5. The molecule has 0 aliphatic carbocycles. The first-order chi connectivity index (χ1) is 14.2. The molecule has 0 aliphatic heterocycles. The highest BCUT2D eigenvalue weighted by molar-refractivity contribution is 5.89. The third-order valence-electron chi connectivity index (χ3n) is 4.69. The summed E-state index contributed by atoms with van der Waals surface area (Å²) < 4.78 is 7.27. The van der Waals surface area contributed by atoms with Crippen LogP contribution in [0.3, 0.4) is 0 Å². The van der Waals surface area contributed by atoms with Crippen molar-refractivity contribution in [3.8, 4) is 11.3 Å². The van der Waals surface area contributed by atoms with Crippen molar-refractivity contribution in [3.63, 3.8) is 0 Å². The van der Waals surface area contributed by atoms with Gasteiger partial charge in [0.05, 0.1) is 24.2 Å². The summed E-state index contributed by atoms with van der Waals surface area (Å²) in [5.41, 5.74) is 3.50. The van der Waals surface area contributed by atoms with Gasteiger partial charge in [-0.2, -0.15) is 5.10 Å². The fourth-order valence-corrected chi connectivity index (χ4v) is 3.33. The van der Waals surface area contributed by atoms with Crippen LogP contribution in [0, 0.1) is 6.92 Å².